The lowest BCUT2D eigenvalue weighted by Gasteiger charge is -2.32. The number of carbonyl (C=O) groups is 1. The first-order valence-electron chi connectivity index (χ1n) is 10.9. The van der Waals surface area contributed by atoms with Crippen molar-refractivity contribution >= 4 is 39.0 Å². The van der Waals surface area contributed by atoms with E-state index < -0.39 is 0 Å². The second-order valence-electron chi connectivity index (χ2n) is 8.05. The van der Waals surface area contributed by atoms with Gasteiger partial charge in [0.05, 0.1) is 10.3 Å². The first kappa shape index (κ1) is 20.6. The van der Waals surface area contributed by atoms with Gasteiger partial charge in [-0.15, -0.1) is 11.3 Å². The molecule has 0 radical (unpaired) electrons. The van der Waals surface area contributed by atoms with Crippen molar-refractivity contribution in [2.24, 2.45) is 0 Å². The second kappa shape index (κ2) is 9.46. The van der Waals surface area contributed by atoms with Gasteiger partial charge in [-0.05, 0) is 36.6 Å². The number of hydrogen-bond acceptors (Lipinski definition) is 6. The summed E-state index contributed by atoms with van der Waals surface area (Å²) >= 11 is 1.41. The fraction of sp³-hybridized carbons (Fsp3) is 0.240. The minimum absolute atomic E-state index is 0.0276. The maximum atomic E-state index is 12.9. The van der Waals surface area contributed by atoms with Crippen LogP contribution in [0.3, 0.4) is 0 Å². The lowest BCUT2D eigenvalue weighted by atomic mass is 10.0. The molecule has 5 rings (SSSR count). The lowest BCUT2D eigenvalue weighted by molar-refractivity contribution is 0.0913. The van der Waals surface area contributed by atoms with E-state index in [0.29, 0.717) is 10.7 Å². The third kappa shape index (κ3) is 4.79. The van der Waals surface area contributed by atoms with Crippen molar-refractivity contribution < 1.29 is 4.79 Å². The highest BCUT2D eigenvalue weighted by molar-refractivity contribution is 7.20. The van der Waals surface area contributed by atoms with Crippen LogP contribution in [-0.4, -0.2) is 39.9 Å². The van der Waals surface area contributed by atoms with E-state index in [1.165, 1.54) is 23.2 Å². The smallest absolute Gasteiger partial charge is 0.261 e. The van der Waals surface area contributed by atoms with Crippen LogP contribution in [-0.2, 0) is 6.54 Å². The molecule has 1 amide bonds. The Hall–Kier alpha value is -3.29. The summed E-state index contributed by atoms with van der Waals surface area (Å²) in [6.07, 6.45) is 3.46. The van der Waals surface area contributed by atoms with Crippen molar-refractivity contribution in [1.29, 1.82) is 0 Å². The third-order valence-electron chi connectivity index (χ3n) is 5.76. The number of aromatic nitrogens is 2. The predicted octanol–water partition coefficient (Wildman–Crippen LogP) is 4.83. The van der Waals surface area contributed by atoms with Gasteiger partial charge in [-0.25, -0.2) is 9.97 Å². The molecule has 3 heterocycles. The fourth-order valence-electron chi connectivity index (χ4n) is 4.06. The van der Waals surface area contributed by atoms with E-state index in [9.17, 15) is 4.79 Å². The highest BCUT2D eigenvalue weighted by Crippen LogP contribution is 2.30. The standard InChI is InChI=1S/C25H25N5OS/c31-24(29-20-11-13-30(14-12-20)16-18-7-3-1-4-8-18)22-15-21-23(26-17-27-25(21)32-22)28-19-9-5-2-6-10-19/h1-10,15,17,20H,11-14,16H2,(H,29,31)(H,26,27,28). The Bertz CT molecular complexity index is 1190. The summed E-state index contributed by atoms with van der Waals surface area (Å²) < 4.78 is 0. The molecule has 0 spiro atoms. The molecular weight excluding hydrogens is 418 g/mol. The molecule has 0 bridgehead atoms. The number of fused-ring (bicyclic) bond motifs is 1. The van der Waals surface area contributed by atoms with Gasteiger partial charge in [-0.2, -0.15) is 0 Å². The maximum absolute atomic E-state index is 12.9. The normalized spacial score (nSPS) is 15.0. The molecule has 1 saturated heterocycles. The van der Waals surface area contributed by atoms with E-state index >= 15 is 0 Å². The summed E-state index contributed by atoms with van der Waals surface area (Å²) in [7, 11) is 0. The molecule has 1 aliphatic heterocycles. The Kier molecular flexibility index (Phi) is 6.09. The summed E-state index contributed by atoms with van der Waals surface area (Å²) in [6, 6.07) is 22.5. The van der Waals surface area contributed by atoms with Gasteiger partial charge in [0.1, 0.15) is 17.0 Å². The Morgan fingerprint density at radius 2 is 1.72 bits per heavy atom. The van der Waals surface area contributed by atoms with Crippen molar-refractivity contribution in [2.75, 3.05) is 18.4 Å². The summed E-state index contributed by atoms with van der Waals surface area (Å²) in [5.74, 6) is 0.686. The van der Waals surface area contributed by atoms with Crippen LogP contribution in [0.2, 0.25) is 0 Å². The van der Waals surface area contributed by atoms with Crippen LogP contribution >= 0.6 is 11.3 Å². The van der Waals surface area contributed by atoms with E-state index in [2.05, 4.69) is 49.8 Å². The number of carbonyl (C=O) groups excluding carboxylic acids is 1. The zero-order chi connectivity index (χ0) is 21.8. The van der Waals surface area contributed by atoms with Crippen LogP contribution < -0.4 is 10.6 Å². The van der Waals surface area contributed by atoms with Crippen LogP contribution in [0.1, 0.15) is 28.1 Å². The SMILES string of the molecule is O=C(NC1CCN(Cc2ccccc2)CC1)c1cc2c(Nc3ccccc3)ncnc2s1. The molecule has 0 atom stereocenters. The number of rotatable bonds is 6. The van der Waals surface area contributed by atoms with Gasteiger partial charge in [0.25, 0.3) is 5.91 Å². The van der Waals surface area contributed by atoms with Crippen molar-refractivity contribution in [3.8, 4) is 0 Å². The zero-order valence-corrected chi connectivity index (χ0v) is 18.5. The Labute approximate surface area is 191 Å². The van der Waals surface area contributed by atoms with Gasteiger partial charge in [0, 0.05) is 31.4 Å². The minimum atomic E-state index is -0.0276. The van der Waals surface area contributed by atoms with E-state index in [-0.39, 0.29) is 11.9 Å². The lowest BCUT2D eigenvalue weighted by Crippen LogP contribution is -2.44. The van der Waals surface area contributed by atoms with Gasteiger partial charge in [0.15, 0.2) is 0 Å². The van der Waals surface area contributed by atoms with Gasteiger partial charge in [-0.3, -0.25) is 9.69 Å². The Morgan fingerprint density at radius 1 is 1.00 bits per heavy atom. The molecule has 2 aromatic heterocycles. The first-order chi connectivity index (χ1) is 15.7. The molecule has 0 unspecified atom stereocenters. The summed E-state index contributed by atoms with van der Waals surface area (Å²) in [5, 5.41) is 7.41. The van der Waals surface area contributed by atoms with Crippen LogP contribution in [0, 0.1) is 0 Å². The average molecular weight is 444 g/mol. The fourth-order valence-corrected chi connectivity index (χ4v) is 4.96. The van der Waals surface area contributed by atoms with Crippen molar-refractivity contribution in [2.45, 2.75) is 25.4 Å². The Morgan fingerprint density at radius 3 is 2.47 bits per heavy atom. The highest BCUT2D eigenvalue weighted by Gasteiger charge is 2.22. The molecule has 0 aliphatic carbocycles. The molecule has 2 N–H and O–H groups in total. The van der Waals surface area contributed by atoms with Gasteiger partial charge in [-0.1, -0.05) is 48.5 Å². The number of hydrogen-bond donors (Lipinski definition) is 2. The summed E-state index contributed by atoms with van der Waals surface area (Å²) in [5.41, 5.74) is 2.29. The molecule has 7 heteroatoms. The number of anilines is 2. The molecule has 6 nitrogen and oxygen atoms in total. The van der Waals surface area contributed by atoms with E-state index in [1.807, 2.05) is 42.5 Å². The molecule has 162 valence electrons. The highest BCUT2D eigenvalue weighted by atomic mass is 32.1. The molecule has 32 heavy (non-hydrogen) atoms. The quantitative estimate of drug-likeness (QED) is 0.447. The topological polar surface area (TPSA) is 70.2 Å². The van der Waals surface area contributed by atoms with Crippen molar-refractivity contribution in [3.63, 3.8) is 0 Å². The second-order valence-corrected chi connectivity index (χ2v) is 9.08. The molecule has 0 saturated carbocycles. The number of piperidine rings is 1. The van der Waals surface area contributed by atoms with E-state index in [1.54, 1.807) is 0 Å². The number of likely N-dealkylation sites (tertiary alicyclic amines) is 1. The number of nitrogens with one attached hydrogen (secondary N) is 2. The molecule has 4 aromatic rings. The number of thiophene rings is 1. The molecule has 2 aromatic carbocycles. The molecule has 1 aliphatic rings. The first-order valence-corrected chi connectivity index (χ1v) is 11.7. The maximum Gasteiger partial charge on any atom is 0.261 e. The average Bonchev–Trinajstić information content (AvgIpc) is 3.28. The largest absolute Gasteiger partial charge is 0.349 e. The number of amides is 1. The number of nitrogens with zero attached hydrogens (tertiary/aromatic N) is 3. The van der Waals surface area contributed by atoms with Gasteiger partial charge in [0.2, 0.25) is 0 Å². The third-order valence-corrected chi connectivity index (χ3v) is 6.80. The Balaban J connectivity index is 1.21. The molecule has 1 fully saturated rings. The predicted molar refractivity (Wildman–Crippen MR) is 129 cm³/mol. The van der Waals surface area contributed by atoms with Crippen molar-refractivity contribution in [3.05, 3.63) is 83.5 Å². The zero-order valence-electron chi connectivity index (χ0n) is 17.7. The minimum Gasteiger partial charge on any atom is -0.349 e. The molecular formula is C25H25N5OS. The van der Waals surface area contributed by atoms with Crippen LogP contribution in [0.5, 0.6) is 0 Å². The van der Waals surface area contributed by atoms with Crippen molar-refractivity contribution in [1.82, 2.24) is 20.2 Å². The van der Waals surface area contributed by atoms with Gasteiger partial charge < -0.3 is 10.6 Å². The van der Waals surface area contributed by atoms with Crippen LogP contribution in [0.4, 0.5) is 11.5 Å². The van der Waals surface area contributed by atoms with Crippen LogP contribution in [0.15, 0.2) is 73.1 Å². The van der Waals surface area contributed by atoms with E-state index in [4.69, 9.17) is 0 Å². The number of para-hydroxylation sites is 1. The monoisotopic (exact) mass is 443 g/mol. The van der Waals surface area contributed by atoms with Gasteiger partial charge >= 0.3 is 0 Å². The summed E-state index contributed by atoms with van der Waals surface area (Å²) in [4.78, 5) is 25.6. The van der Waals surface area contributed by atoms with Crippen LogP contribution in [0.25, 0.3) is 10.2 Å². The number of benzene rings is 2. The summed E-state index contributed by atoms with van der Waals surface area (Å²) in [6.45, 7) is 2.94. The van der Waals surface area contributed by atoms with E-state index in [0.717, 1.165) is 48.4 Å².